The Morgan fingerprint density at radius 1 is 0.778 bits per heavy atom. The van der Waals surface area contributed by atoms with Crippen molar-refractivity contribution < 1.29 is 45.0 Å². The van der Waals surface area contributed by atoms with Gasteiger partial charge in [0.05, 0.1) is 22.5 Å². The van der Waals surface area contributed by atoms with Crippen molar-refractivity contribution in [3.05, 3.63) is 77.6 Å². The molecule has 0 spiro atoms. The molecular weight excluding hydrogens is 627 g/mol. The Balaban J connectivity index is 1.04. The lowest BCUT2D eigenvalue weighted by Gasteiger charge is -2.36. The van der Waals surface area contributed by atoms with Crippen molar-refractivity contribution in [2.45, 2.75) is 28.6 Å². The molecule has 1 saturated heterocycles. The fourth-order valence-electron chi connectivity index (χ4n) is 5.24. The highest BCUT2D eigenvalue weighted by molar-refractivity contribution is 7.99. The van der Waals surface area contributed by atoms with E-state index < -0.39 is 47.6 Å². The summed E-state index contributed by atoms with van der Waals surface area (Å²) in [4.78, 5) is 20.1. The highest BCUT2D eigenvalue weighted by atomic mass is 32.2. The van der Waals surface area contributed by atoms with Gasteiger partial charge in [-0.2, -0.15) is 26.3 Å². The van der Waals surface area contributed by atoms with Crippen LogP contribution in [0.2, 0.25) is 0 Å². The molecule has 2 heterocycles. The molecule has 1 fully saturated rings. The van der Waals surface area contributed by atoms with Gasteiger partial charge in [-0.3, -0.25) is 4.90 Å². The fraction of sp³-hybridized carbons (Fsp3) is 0.387. The lowest BCUT2D eigenvalue weighted by molar-refractivity contribution is -0.146. The number of benzene rings is 3. The van der Waals surface area contributed by atoms with Crippen LogP contribution in [0.1, 0.15) is 17.5 Å². The fourth-order valence-corrected chi connectivity index (χ4v) is 6.32. The molecule has 0 aliphatic carbocycles. The maximum Gasteiger partial charge on any atom is 0.419 e. The number of anilines is 2. The quantitative estimate of drug-likeness (QED) is 0.170. The first-order valence-corrected chi connectivity index (χ1v) is 15.1. The number of hydrogen-bond donors (Lipinski definition) is 0. The topological polar surface area (TPSA) is 45.3 Å². The Bertz CT molecular complexity index is 1490. The van der Waals surface area contributed by atoms with E-state index in [1.54, 1.807) is 0 Å². The Morgan fingerprint density at radius 2 is 1.47 bits per heavy atom. The lowest BCUT2D eigenvalue weighted by atomic mass is 10.1. The zero-order valence-electron chi connectivity index (χ0n) is 24.0. The summed E-state index contributed by atoms with van der Waals surface area (Å²) in [6.45, 7) is 4.00. The summed E-state index contributed by atoms with van der Waals surface area (Å²) in [6.07, 6.45) is -8.58. The Kier molecular flexibility index (Phi) is 10.1. The van der Waals surface area contributed by atoms with Gasteiger partial charge in [-0.15, -0.1) is 0 Å². The number of alkyl halides is 6. The molecular formula is C31H30F7N3O3S. The first kappa shape index (κ1) is 32.9. The van der Waals surface area contributed by atoms with Gasteiger partial charge in [0, 0.05) is 49.1 Å². The molecule has 0 aromatic heterocycles. The zero-order valence-corrected chi connectivity index (χ0v) is 24.8. The van der Waals surface area contributed by atoms with Crippen molar-refractivity contribution in [1.29, 1.82) is 0 Å². The number of esters is 1. The number of carbonyl (C=O) groups is 1. The van der Waals surface area contributed by atoms with Gasteiger partial charge < -0.3 is 19.3 Å². The van der Waals surface area contributed by atoms with Gasteiger partial charge in [-0.05, 0) is 55.4 Å². The molecule has 0 radical (unpaired) electrons. The number of halogens is 7. The molecule has 3 aromatic carbocycles. The van der Waals surface area contributed by atoms with E-state index in [0.29, 0.717) is 37.9 Å². The normalized spacial score (nSPS) is 15.8. The van der Waals surface area contributed by atoms with Crippen LogP contribution in [0.25, 0.3) is 0 Å². The van der Waals surface area contributed by atoms with Gasteiger partial charge in [-0.1, -0.05) is 30.0 Å². The lowest BCUT2D eigenvalue weighted by Crippen LogP contribution is -2.47. The average molecular weight is 658 g/mol. The first-order valence-electron chi connectivity index (χ1n) is 14.2. The largest absolute Gasteiger partial charge is 0.479 e. The summed E-state index contributed by atoms with van der Waals surface area (Å²) in [6, 6.07) is 14.1. The molecule has 0 N–H and O–H groups in total. The zero-order chi connectivity index (χ0) is 32.2. The van der Waals surface area contributed by atoms with E-state index in [-0.39, 0.29) is 6.61 Å². The predicted molar refractivity (Wildman–Crippen MR) is 154 cm³/mol. The predicted octanol–water partition coefficient (Wildman–Crippen LogP) is 7.10. The van der Waals surface area contributed by atoms with Crippen LogP contribution >= 0.6 is 11.8 Å². The number of hydrogen-bond acceptors (Lipinski definition) is 7. The number of rotatable bonds is 10. The van der Waals surface area contributed by atoms with Crippen molar-refractivity contribution in [2.24, 2.45) is 0 Å². The van der Waals surface area contributed by atoms with E-state index in [4.69, 9.17) is 9.47 Å². The maximum atomic E-state index is 14.0. The number of fused-ring (bicyclic) bond motifs is 2. The van der Waals surface area contributed by atoms with Crippen LogP contribution in [-0.4, -0.2) is 74.8 Å². The van der Waals surface area contributed by atoms with E-state index in [0.717, 1.165) is 59.7 Å². The highest BCUT2D eigenvalue weighted by Crippen LogP contribution is 2.49. The van der Waals surface area contributed by atoms with Gasteiger partial charge >= 0.3 is 18.3 Å². The molecule has 0 unspecified atom stereocenters. The van der Waals surface area contributed by atoms with E-state index in [1.165, 1.54) is 23.9 Å². The van der Waals surface area contributed by atoms with E-state index in [9.17, 15) is 35.5 Å². The first-order chi connectivity index (χ1) is 21.4. The number of nitrogens with zero attached hydrogens (tertiary/aromatic N) is 3. The summed E-state index contributed by atoms with van der Waals surface area (Å²) >= 11 is 1.46. The molecule has 3 aromatic rings. The number of piperazine rings is 1. The minimum Gasteiger partial charge on any atom is -0.479 e. The second-order valence-corrected chi connectivity index (χ2v) is 11.6. The van der Waals surface area contributed by atoms with Crippen LogP contribution in [-0.2, 0) is 21.9 Å². The van der Waals surface area contributed by atoms with Crippen molar-refractivity contribution in [2.75, 3.05) is 63.9 Å². The molecule has 14 heteroatoms. The van der Waals surface area contributed by atoms with Gasteiger partial charge in [0.2, 0.25) is 0 Å². The summed E-state index contributed by atoms with van der Waals surface area (Å²) in [7, 11) is 0. The molecule has 2 aliphatic rings. The second kappa shape index (κ2) is 13.9. The molecule has 0 amide bonds. The third-order valence-corrected chi connectivity index (χ3v) is 8.69. The van der Waals surface area contributed by atoms with Crippen molar-refractivity contribution in [3.63, 3.8) is 0 Å². The number of carbonyl (C=O) groups excluding carboxylic acids is 1. The highest BCUT2D eigenvalue weighted by Gasteiger charge is 2.36. The maximum absolute atomic E-state index is 14.0. The Labute approximate surface area is 259 Å². The minimum absolute atomic E-state index is 0.0406. The summed E-state index contributed by atoms with van der Waals surface area (Å²) in [5.41, 5.74) is -0.712. The van der Waals surface area contributed by atoms with Crippen LogP contribution in [0.4, 0.5) is 42.1 Å². The third kappa shape index (κ3) is 8.22. The van der Waals surface area contributed by atoms with Gasteiger partial charge in [0.25, 0.3) is 0 Å². The van der Waals surface area contributed by atoms with Gasteiger partial charge in [-0.25, -0.2) is 9.18 Å². The minimum atomic E-state index is -4.89. The van der Waals surface area contributed by atoms with Crippen LogP contribution in [0, 0.1) is 5.82 Å². The van der Waals surface area contributed by atoms with Gasteiger partial charge in [0.15, 0.2) is 18.2 Å². The standard InChI is InChI=1S/C31H30F7N3O3S/c32-29-22(31(36,37)38)5-3-7-25(29)44-20-28(42)43-18-17-40-15-13-39(14-16-40)11-4-12-41-23-6-1-2-8-26(23)45-27-10-9-21(19-24(27)41)30(33,34)35/h1-3,5-10,19H,4,11-18,20H2. The van der Waals surface area contributed by atoms with Crippen LogP contribution < -0.4 is 9.64 Å². The van der Waals surface area contributed by atoms with Gasteiger partial charge in [0.1, 0.15) is 6.61 Å². The molecule has 6 nitrogen and oxygen atoms in total. The van der Waals surface area contributed by atoms with Crippen molar-refractivity contribution in [3.8, 4) is 5.75 Å². The molecule has 5 rings (SSSR count). The summed E-state index contributed by atoms with van der Waals surface area (Å²) < 4.78 is 103. The molecule has 0 saturated carbocycles. The third-order valence-electron chi connectivity index (χ3n) is 7.56. The molecule has 2 aliphatic heterocycles. The molecule has 0 bridgehead atoms. The van der Waals surface area contributed by atoms with Crippen LogP contribution in [0.3, 0.4) is 0 Å². The monoisotopic (exact) mass is 657 g/mol. The van der Waals surface area contributed by atoms with Crippen molar-refractivity contribution >= 4 is 29.1 Å². The van der Waals surface area contributed by atoms with Crippen LogP contribution in [0.5, 0.6) is 5.75 Å². The second-order valence-electron chi connectivity index (χ2n) is 10.6. The van der Waals surface area contributed by atoms with E-state index in [1.807, 2.05) is 29.2 Å². The van der Waals surface area contributed by atoms with Crippen LogP contribution in [0.15, 0.2) is 70.5 Å². The summed E-state index contributed by atoms with van der Waals surface area (Å²) in [5, 5.41) is 0. The van der Waals surface area contributed by atoms with E-state index >= 15 is 0 Å². The van der Waals surface area contributed by atoms with E-state index in [2.05, 4.69) is 9.80 Å². The smallest absolute Gasteiger partial charge is 0.419 e. The Hall–Kier alpha value is -3.49. The molecule has 45 heavy (non-hydrogen) atoms. The van der Waals surface area contributed by atoms with Crippen molar-refractivity contribution in [1.82, 2.24) is 9.80 Å². The summed E-state index contributed by atoms with van der Waals surface area (Å²) in [5.74, 6) is -3.10. The molecule has 242 valence electrons. The SMILES string of the molecule is O=C(COc1cccc(C(F)(F)F)c1F)OCCN1CCN(CCCN2c3ccccc3Sc3ccc(C(F)(F)F)cc32)CC1. The molecule has 0 atom stereocenters. The Morgan fingerprint density at radius 3 is 2.18 bits per heavy atom. The number of para-hydroxylation sites is 1. The average Bonchev–Trinajstić information content (AvgIpc) is 2.99. The number of ether oxygens (including phenoxy) is 2.